The maximum atomic E-state index is 14.7. The predicted molar refractivity (Wildman–Crippen MR) is 245 cm³/mol. The number of cyclic esters (lactones) is 1. The van der Waals surface area contributed by atoms with Gasteiger partial charge >= 0.3 is 12.1 Å². The average molecular weight is 940 g/mol. The number of amides is 3. The van der Waals surface area contributed by atoms with Crippen LogP contribution in [0.3, 0.4) is 0 Å². The van der Waals surface area contributed by atoms with Crippen LogP contribution >= 0.6 is 0 Å². The van der Waals surface area contributed by atoms with E-state index < -0.39 is 59.3 Å². The Morgan fingerprint density at radius 2 is 1.89 bits per heavy atom. The van der Waals surface area contributed by atoms with E-state index in [9.17, 15) is 32.3 Å². The Hall–Kier alpha value is -4.82. The van der Waals surface area contributed by atoms with E-state index in [1.165, 1.54) is 22.8 Å². The van der Waals surface area contributed by atoms with Crippen molar-refractivity contribution in [1.82, 2.24) is 30.2 Å². The first kappa shape index (κ1) is 49.1. The molecular formula is C47H64F3N7O8Si. The highest BCUT2D eigenvalue weighted by atomic mass is 28.1. The fraction of sp³-hybridized carbons (Fsp3) is 0.596. The molecule has 5 atom stereocenters. The van der Waals surface area contributed by atoms with Gasteiger partial charge in [-0.1, -0.05) is 34.3 Å². The van der Waals surface area contributed by atoms with Crippen molar-refractivity contribution in [3.05, 3.63) is 60.4 Å². The number of ether oxygens (including phenoxy) is 4. The summed E-state index contributed by atoms with van der Waals surface area (Å²) >= 11 is 0. The first-order valence-corrected chi connectivity index (χ1v) is 23.9. The molecule has 7 rings (SSSR count). The largest absolute Gasteiger partial charge is 0.464 e. The van der Waals surface area contributed by atoms with Crippen molar-refractivity contribution in [2.75, 3.05) is 64.6 Å². The topological polar surface area (TPSA) is 157 Å². The van der Waals surface area contributed by atoms with Gasteiger partial charge in [0.25, 0.3) is 5.91 Å². The van der Waals surface area contributed by atoms with Crippen molar-refractivity contribution < 1.29 is 51.3 Å². The molecule has 0 saturated carbocycles. The van der Waals surface area contributed by atoms with Crippen molar-refractivity contribution >= 4 is 50.5 Å². The summed E-state index contributed by atoms with van der Waals surface area (Å²) in [5, 5.41) is 3.91. The van der Waals surface area contributed by atoms with Gasteiger partial charge in [-0.05, 0) is 74.1 Å². The predicted octanol–water partition coefficient (Wildman–Crippen LogP) is 4.05. The van der Waals surface area contributed by atoms with Gasteiger partial charge in [-0.15, -0.1) is 0 Å². The quantitative estimate of drug-likeness (QED) is 0.163. The lowest BCUT2D eigenvalue weighted by atomic mass is 9.84. The van der Waals surface area contributed by atoms with Gasteiger partial charge in [0.15, 0.2) is 0 Å². The fourth-order valence-electron chi connectivity index (χ4n) is 9.47. The number of methoxy groups -OCH3 is 1. The van der Waals surface area contributed by atoms with Crippen LogP contribution in [-0.2, 0) is 51.1 Å². The number of morpholine rings is 1. The van der Waals surface area contributed by atoms with E-state index in [0.717, 1.165) is 5.69 Å². The Balaban J connectivity index is 1.28. The molecule has 4 aliphatic heterocycles. The number of aromatic nitrogens is 2. The second-order valence-corrected chi connectivity index (χ2v) is 21.2. The molecule has 2 aromatic heterocycles. The van der Waals surface area contributed by atoms with E-state index >= 15 is 0 Å². The average Bonchev–Trinajstić information content (AvgIpc) is 3.54. The number of carbonyl (C=O) groups is 4. The number of carbonyl (C=O) groups excluding carboxylic acids is 4. The van der Waals surface area contributed by atoms with E-state index in [1.54, 1.807) is 36.2 Å². The Morgan fingerprint density at radius 1 is 1.14 bits per heavy atom. The fourth-order valence-corrected chi connectivity index (χ4v) is 10.2. The molecule has 3 aromatic rings. The molecule has 3 saturated heterocycles. The molecule has 66 heavy (non-hydrogen) atoms. The van der Waals surface area contributed by atoms with Gasteiger partial charge in [-0.2, -0.15) is 13.2 Å². The maximum absolute atomic E-state index is 14.7. The summed E-state index contributed by atoms with van der Waals surface area (Å²) < 4.78 is 69.6. The molecule has 0 spiro atoms. The molecule has 3 fully saturated rings. The van der Waals surface area contributed by atoms with Crippen molar-refractivity contribution in [2.45, 2.75) is 103 Å². The number of hydrogen-bond donors (Lipinski definition) is 2. The number of likely N-dealkylation sites (tertiary alicyclic amines) is 1. The first-order valence-electron chi connectivity index (χ1n) is 22.9. The van der Waals surface area contributed by atoms with Gasteiger partial charge < -0.3 is 38.6 Å². The zero-order valence-electron chi connectivity index (χ0n) is 39.0. The lowest BCUT2D eigenvalue weighted by Crippen LogP contribution is -2.67. The summed E-state index contributed by atoms with van der Waals surface area (Å²) in [5.41, 5.74) is 5.59. The second kappa shape index (κ2) is 19.8. The molecule has 0 aliphatic carbocycles. The number of benzene rings is 1. The molecule has 0 unspecified atom stereocenters. The van der Waals surface area contributed by atoms with Crippen molar-refractivity contribution in [3.63, 3.8) is 0 Å². The number of pyridine rings is 1. The van der Waals surface area contributed by atoms with Crippen molar-refractivity contribution in [3.8, 4) is 11.3 Å². The summed E-state index contributed by atoms with van der Waals surface area (Å²) in [5.74, 6) is -2.29. The molecule has 6 heterocycles. The van der Waals surface area contributed by atoms with Crippen molar-refractivity contribution in [1.29, 1.82) is 0 Å². The van der Waals surface area contributed by atoms with E-state index in [0.29, 0.717) is 85.6 Å². The number of nitrogens with one attached hydrogen (secondary N) is 2. The van der Waals surface area contributed by atoms with E-state index in [-0.39, 0.29) is 60.1 Å². The van der Waals surface area contributed by atoms with Crippen LogP contribution in [0.15, 0.2) is 49.2 Å². The number of nitrogens with zero attached hydrogens (tertiary/aromatic N) is 5. The van der Waals surface area contributed by atoms with Crippen molar-refractivity contribution in [2.24, 2.45) is 17.3 Å². The molecule has 0 radical (unpaired) electrons. The number of rotatable bonds is 11. The van der Waals surface area contributed by atoms with Gasteiger partial charge in [-0.3, -0.25) is 29.2 Å². The number of hydrazine groups is 1. The van der Waals surface area contributed by atoms with E-state index in [1.807, 2.05) is 39.8 Å². The molecule has 3 amide bonds. The SMILES string of the molecule is C=CC(=O)N1CC(OC[C@H](C(=O)N[C@H]2C[C@H]3CN(CCO3)c3ccc4c(c3)c(c(-c3cccnc3[C@H](C)OC)n4CC(F)(F)F)CC(C)(C)COC(=O)[C@@]3([SiH3])CCCN(N3)C2=O)C(C)C)C1. The minimum atomic E-state index is -4.57. The molecule has 6 bridgehead atoms. The van der Waals surface area contributed by atoms with Crippen LogP contribution in [-0.4, -0.2) is 143 Å². The lowest BCUT2D eigenvalue weighted by Gasteiger charge is -2.42. The van der Waals surface area contributed by atoms with Gasteiger partial charge in [0, 0.05) is 90.3 Å². The van der Waals surface area contributed by atoms with Crippen LogP contribution < -0.4 is 15.6 Å². The summed E-state index contributed by atoms with van der Waals surface area (Å²) in [4.78, 5) is 63.4. The number of esters is 1. The smallest absolute Gasteiger partial charge is 0.406 e. The number of fused-ring (bicyclic) bond motifs is 6. The summed E-state index contributed by atoms with van der Waals surface area (Å²) in [6.45, 7) is 13.9. The number of hydrogen-bond acceptors (Lipinski definition) is 11. The highest BCUT2D eigenvalue weighted by Gasteiger charge is 2.44. The molecule has 1 aromatic carbocycles. The highest BCUT2D eigenvalue weighted by Crippen LogP contribution is 2.43. The molecule has 19 heteroatoms. The van der Waals surface area contributed by atoms with Crippen LogP contribution in [0.2, 0.25) is 0 Å². The zero-order valence-corrected chi connectivity index (χ0v) is 41.0. The van der Waals surface area contributed by atoms with Gasteiger partial charge in [0.05, 0.1) is 55.4 Å². The maximum Gasteiger partial charge on any atom is 0.406 e. The molecule has 4 aliphatic rings. The van der Waals surface area contributed by atoms with E-state index in [2.05, 4.69) is 27.2 Å². The minimum absolute atomic E-state index is 0.0587. The molecule has 360 valence electrons. The van der Waals surface area contributed by atoms with Crippen LogP contribution in [0.4, 0.5) is 18.9 Å². The second-order valence-electron chi connectivity index (χ2n) is 19.5. The highest BCUT2D eigenvalue weighted by molar-refractivity contribution is 6.27. The summed E-state index contributed by atoms with van der Waals surface area (Å²) in [7, 11) is 1.80. The van der Waals surface area contributed by atoms with Crippen LogP contribution in [0, 0.1) is 17.3 Å². The van der Waals surface area contributed by atoms with E-state index in [4.69, 9.17) is 18.9 Å². The first-order chi connectivity index (χ1) is 31.2. The third-order valence-corrected chi connectivity index (χ3v) is 14.5. The Morgan fingerprint density at radius 3 is 2.59 bits per heavy atom. The van der Waals surface area contributed by atoms with Gasteiger partial charge in [-0.25, -0.2) is 5.43 Å². The number of alkyl halides is 3. The lowest BCUT2D eigenvalue weighted by molar-refractivity contribution is -0.158. The number of halogens is 3. The van der Waals surface area contributed by atoms with Gasteiger partial charge in [0.1, 0.15) is 17.7 Å². The molecule has 15 nitrogen and oxygen atoms in total. The Kier molecular flexibility index (Phi) is 14.7. The van der Waals surface area contributed by atoms with Crippen LogP contribution in [0.1, 0.15) is 71.2 Å². The summed E-state index contributed by atoms with van der Waals surface area (Å²) in [6, 6.07) is 7.87. The molecular weight excluding hydrogens is 876 g/mol. The standard InChI is InChI=1S/C47H64F3N7O8Si/c1-8-39(58)55-23-32(24-55)64-25-36(28(2)3)42(59)52-37-20-31-22-54(17-18-63-31)30-12-13-38-34(19-30)35(21-45(5,6)27-65-44(61)46(66)14-10-16-57(53-46)43(37)60)41(56(38)26-47(48,49)50)33-11-9-15-51-40(33)29(4)62-7/h8-9,11-13,15,19,28-29,31-32,36-37,53H,1,10,14,16-18,20-27H2,2-7,66H3,(H,52,59)/t29-,31-,36-,37-,46-/m0/s1. The third kappa shape index (κ3) is 10.8. The third-order valence-electron chi connectivity index (χ3n) is 13.3. The monoisotopic (exact) mass is 939 g/mol. The Labute approximate surface area is 387 Å². The van der Waals surface area contributed by atoms with Gasteiger partial charge in [0.2, 0.25) is 11.8 Å². The van der Waals surface area contributed by atoms with Crippen LogP contribution in [0.5, 0.6) is 0 Å². The summed E-state index contributed by atoms with van der Waals surface area (Å²) in [6.07, 6.45) is -1.78. The normalized spacial score (nSPS) is 24.1. The Bertz CT molecular complexity index is 2300. The van der Waals surface area contributed by atoms with Crippen LogP contribution in [0.25, 0.3) is 22.2 Å². The zero-order chi connectivity index (χ0) is 47.7. The molecule has 2 N–H and O–H groups in total. The minimum Gasteiger partial charge on any atom is -0.464 e. The number of anilines is 1.